The molecule has 1 aromatic carbocycles. The number of hydrogen-bond acceptors (Lipinski definition) is 2. The summed E-state index contributed by atoms with van der Waals surface area (Å²) in [4.78, 5) is 12.1. The number of aryl methyl sites for hydroxylation is 2. The lowest BCUT2D eigenvalue weighted by Crippen LogP contribution is -2.06. The predicted molar refractivity (Wildman–Crippen MR) is 67.0 cm³/mol. The van der Waals surface area contributed by atoms with Crippen molar-refractivity contribution in [2.45, 2.75) is 19.8 Å². The molecule has 3 nitrogen and oxygen atoms in total. The lowest BCUT2D eigenvalue weighted by Gasteiger charge is -2.02. The van der Waals surface area contributed by atoms with Gasteiger partial charge in [0.2, 0.25) is 0 Å². The number of halogens is 2. The molecular weight excluding hydrogens is 250 g/mol. The van der Waals surface area contributed by atoms with E-state index < -0.39 is 11.6 Å². The van der Waals surface area contributed by atoms with Crippen LogP contribution in [-0.4, -0.2) is 15.6 Å². The van der Waals surface area contributed by atoms with Crippen molar-refractivity contribution < 1.29 is 13.6 Å². The van der Waals surface area contributed by atoms with Crippen LogP contribution in [0.25, 0.3) is 0 Å². The van der Waals surface area contributed by atoms with Crippen molar-refractivity contribution in [3.05, 3.63) is 52.9 Å². The molecule has 1 heterocycles. The van der Waals surface area contributed by atoms with Crippen molar-refractivity contribution in [3.8, 4) is 0 Å². The molecule has 2 rings (SSSR count). The van der Waals surface area contributed by atoms with Crippen LogP contribution >= 0.6 is 0 Å². The number of ketones is 1. The van der Waals surface area contributed by atoms with Crippen LogP contribution in [0.1, 0.15) is 28.5 Å². The van der Waals surface area contributed by atoms with Gasteiger partial charge in [0.25, 0.3) is 0 Å². The monoisotopic (exact) mass is 264 g/mol. The maximum Gasteiger partial charge on any atom is 0.170 e. The van der Waals surface area contributed by atoms with E-state index in [1.807, 2.05) is 6.92 Å². The standard InChI is InChI=1S/C14H14F2N2O/c1-3-13-12(8-18(2)17-13)14(19)6-9-4-10(15)7-11(16)5-9/h4-5,7-8H,3,6H2,1-2H3. The molecule has 2 aromatic rings. The molecule has 0 aliphatic rings. The molecule has 0 aliphatic heterocycles. The van der Waals surface area contributed by atoms with Crippen LogP contribution in [-0.2, 0) is 19.9 Å². The summed E-state index contributed by atoms with van der Waals surface area (Å²) in [5, 5.41) is 4.17. The summed E-state index contributed by atoms with van der Waals surface area (Å²) >= 11 is 0. The SMILES string of the molecule is CCc1nn(C)cc1C(=O)Cc1cc(F)cc(F)c1. The Balaban J connectivity index is 2.25. The largest absolute Gasteiger partial charge is 0.294 e. The second-order valence-corrected chi connectivity index (χ2v) is 4.39. The minimum Gasteiger partial charge on any atom is -0.294 e. The van der Waals surface area contributed by atoms with Gasteiger partial charge in [0.05, 0.1) is 11.3 Å². The minimum atomic E-state index is -0.676. The molecule has 0 radical (unpaired) electrons. The fourth-order valence-corrected chi connectivity index (χ4v) is 2.02. The Bertz CT molecular complexity index is 600. The molecule has 0 spiro atoms. The van der Waals surface area contributed by atoms with Crippen molar-refractivity contribution in [2.24, 2.45) is 7.05 Å². The van der Waals surface area contributed by atoms with Gasteiger partial charge in [0, 0.05) is 25.7 Å². The van der Waals surface area contributed by atoms with Crippen molar-refractivity contribution in [1.29, 1.82) is 0 Å². The number of carbonyl (C=O) groups is 1. The number of rotatable bonds is 4. The maximum absolute atomic E-state index is 13.1. The number of benzene rings is 1. The first-order valence-electron chi connectivity index (χ1n) is 6.00. The average molecular weight is 264 g/mol. The van der Waals surface area contributed by atoms with Crippen LogP contribution in [0, 0.1) is 11.6 Å². The third-order valence-corrected chi connectivity index (χ3v) is 2.83. The first kappa shape index (κ1) is 13.4. The highest BCUT2D eigenvalue weighted by atomic mass is 19.1. The number of carbonyl (C=O) groups excluding carboxylic acids is 1. The molecule has 5 heteroatoms. The fourth-order valence-electron chi connectivity index (χ4n) is 2.02. The maximum atomic E-state index is 13.1. The minimum absolute atomic E-state index is 0.0344. The summed E-state index contributed by atoms with van der Waals surface area (Å²) in [5.41, 5.74) is 1.53. The van der Waals surface area contributed by atoms with Crippen LogP contribution in [0.3, 0.4) is 0 Å². The van der Waals surface area contributed by atoms with Crippen molar-refractivity contribution in [1.82, 2.24) is 9.78 Å². The molecule has 0 amide bonds. The highest BCUT2D eigenvalue weighted by molar-refractivity contribution is 5.98. The Morgan fingerprint density at radius 3 is 2.47 bits per heavy atom. The first-order valence-corrected chi connectivity index (χ1v) is 6.00. The fraction of sp³-hybridized carbons (Fsp3) is 0.286. The van der Waals surface area contributed by atoms with Gasteiger partial charge in [-0.15, -0.1) is 0 Å². The van der Waals surface area contributed by atoms with E-state index in [9.17, 15) is 13.6 Å². The van der Waals surface area contributed by atoms with Gasteiger partial charge in [-0.05, 0) is 24.1 Å². The normalized spacial score (nSPS) is 10.7. The Labute approximate surface area is 109 Å². The molecular formula is C14H14F2N2O. The number of aromatic nitrogens is 2. The molecule has 0 saturated carbocycles. The van der Waals surface area contributed by atoms with Crippen LogP contribution < -0.4 is 0 Å². The molecule has 0 fully saturated rings. The van der Waals surface area contributed by atoms with Crippen LogP contribution in [0.5, 0.6) is 0 Å². The number of Topliss-reactive ketones (excluding diaryl/α,β-unsaturated/α-hetero) is 1. The summed E-state index contributed by atoms with van der Waals surface area (Å²) in [5.74, 6) is -1.54. The van der Waals surface area contributed by atoms with Crippen molar-refractivity contribution >= 4 is 5.78 Å². The second kappa shape index (κ2) is 5.30. The molecule has 0 atom stereocenters. The smallest absolute Gasteiger partial charge is 0.170 e. The van der Waals surface area contributed by atoms with Gasteiger partial charge in [0.1, 0.15) is 11.6 Å². The first-order chi connectivity index (χ1) is 8.99. The van der Waals surface area contributed by atoms with E-state index in [1.165, 1.54) is 12.1 Å². The van der Waals surface area contributed by atoms with E-state index in [4.69, 9.17) is 0 Å². The summed E-state index contributed by atoms with van der Waals surface area (Å²) in [6.07, 6.45) is 2.24. The lowest BCUT2D eigenvalue weighted by molar-refractivity contribution is 0.0992. The Morgan fingerprint density at radius 1 is 1.26 bits per heavy atom. The van der Waals surface area contributed by atoms with E-state index in [2.05, 4.69) is 5.10 Å². The number of nitrogens with zero attached hydrogens (tertiary/aromatic N) is 2. The van der Waals surface area contributed by atoms with E-state index >= 15 is 0 Å². The summed E-state index contributed by atoms with van der Waals surface area (Å²) < 4.78 is 27.7. The Kier molecular flexibility index (Phi) is 3.74. The quantitative estimate of drug-likeness (QED) is 0.796. The van der Waals surface area contributed by atoms with E-state index in [1.54, 1.807) is 17.9 Å². The molecule has 0 unspecified atom stereocenters. The van der Waals surface area contributed by atoms with Gasteiger partial charge < -0.3 is 0 Å². The Morgan fingerprint density at radius 2 is 1.89 bits per heavy atom. The molecule has 19 heavy (non-hydrogen) atoms. The zero-order valence-electron chi connectivity index (χ0n) is 10.8. The van der Waals surface area contributed by atoms with Gasteiger partial charge in [0.15, 0.2) is 5.78 Å². The highest BCUT2D eigenvalue weighted by Gasteiger charge is 2.15. The van der Waals surface area contributed by atoms with Crippen LogP contribution in [0.2, 0.25) is 0 Å². The highest BCUT2D eigenvalue weighted by Crippen LogP contribution is 2.14. The second-order valence-electron chi connectivity index (χ2n) is 4.39. The third-order valence-electron chi connectivity index (χ3n) is 2.83. The lowest BCUT2D eigenvalue weighted by atomic mass is 10.0. The van der Waals surface area contributed by atoms with Gasteiger partial charge in [-0.3, -0.25) is 9.48 Å². The molecule has 100 valence electrons. The van der Waals surface area contributed by atoms with E-state index in [-0.39, 0.29) is 12.2 Å². The third kappa shape index (κ3) is 3.05. The average Bonchev–Trinajstić information content (AvgIpc) is 2.69. The Hall–Kier alpha value is -2.04. The zero-order valence-corrected chi connectivity index (χ0v) is 10.8. The van der Waals surface area contributed by atoms with Crippen molar-refractivity contribution in [3.63, 3.8) is 0 Å². The van der Waals surface area contributed by atoms with Crippen LogP contribution in [0.4, 0.5) is 8.78 Å². The van der Waals surface area contributed by atoms with Gasteiger partial charge >= 0.3 is 0 Å². The van der Waals surface area contributed by atoms with Gasteiger partial charge in [-0.25, -0.2) is 8.78 Å². The summed E-state index contributed by atoms with van der Waals surface area (Å²) in [7, 11) is 1.73. The topological polar surface area (TPSA) is 34.9 Å². The van der Waals surface area contributed by atoms with E-state index in [0.717, 1.165) is 6.07 Å². The summed E-state index contributed by atoms with van der Waals surface area (Å²) in [6, 6.07) is 3.13. The number of hydrogen-bond donors (Lipinski definition) is 0. The van der Waals surface area contributed by atoms with Gasteiger partial charge in [-0.2, -0.15) is 5.10 Å². The molecule has 0 aliphatic carbocycles. The molecule has 0 N–H and O–H groups in total. The molecule has 0 bridgehead atoms. The van der Waals surface area contributed by atoms with E-state index in [0.29, 0.717) is 23.2 Å². The molecule has 0 saturated heterocycles. The zero-order chi connectivity index (χ0) is 14.0. The van der Waals surface area contributed by atoms with Gasteiger partial charge in [-0.1, -0.05) is 6.92 Å². The van der Waals surface area contributed by atoms with Crippen LogP contribution in [0.15, 0.2) is 24.4 Å². The molecule has 1 aromatic heterocycles. The van der Waals surface area contributed by atoms with Crippen molar-refractivity contribution in [2.75, 3.05) is 0 Å². The summed E-state index contributed by atoms with van der Waals surface area (Å²) in [6.45, 7) is 1.90. The predicted octanol–water partition coefficient (Wildman–Crippen LogP) is 2.69.